The molecule has 0 amide bonds. The first-order valence-corrected chi connectivity index (χ1v) is 4.64. The van der Waals surface area contributed by atoms with E-state index in [0.717, 1.165) is 12.2 Å². The molecule has 1 aromatic rings. The van der Waals surface area contributed by atoms with E-state index in [-0.39, 0.29) is 0 Å². The minimum Gasteiger partial charge on any atom is -0.467 e. The van der Waals surface area contributed by atoms with Crippen molar-refractivity contribution in [3.63, 3.8) is 0 Å². The van der Waals surface area contributed by atoms with Crippen molar-refractivity contribution in [2.45, 2.75) is 26.9 Å². The van der Waals surface area contributed by atoms with Gasteiger partial charge in [0.15, 0.2) is 6.79 Å². The second-order valence-corrected chi connectivity index (χ2v) is 3.37. The maximum Gasteiger partial charge on any atom is 0.189 e. The number of aryl methyl sites for hydroxylation is 2. The van der Waals surface area contributed by atoms with Crippen molar-refractivity contribution in [2.75, 3.05) is 6.79 Å². The van der Waals surface area contributed by atoms with E-state index in [9.17, 15) is 0 Å². The highest BCUT2D eigenvalue weighted by atomic mass is 16.7. The number of hydrogen-bond acceptors (Lipinski definition) is 2. The number of benzene rings is 1. The van der Waals surface area contributed by atoms with Gasteiger partial charge in [-0.15, -0.1) is 0 Å². The Morgan fingerprint density at radius 2 is 2.23 bits per heavy atom. The smallest absolute Gasteiger partial charge is 0.189 e. The predicted octanol–water partition coefficient (Wildman–Crippen LogP) is 2.42. The minimum absolute atomic E-state index is 0.388. The molecule has 0 fully saturated rings. The Balaban J connectivity index is 2.47. The molecule has 0 aliphatic carbocycles. The number of rotatable bonds is 1. The molecule has 0 unspecified atom stereocenters. The molecule has 1 heterocycles. The van der Waals surface area contributed by atoms with Crippen LogP contribution in [0, 0.1) is 6.92 Å². The van der Waals surface area contributed by atoms with Crippen LogP contribution in [0.5, 0.6) is 5.75 Å². The first-order valence-electron chi connectivity index (χ1n) is 4.64. The van der Waals surface area contributed by atoms with Gasteiger partial charge in [-0.25, -0.2) is 0 Å². The molecule has 0 bridgehead atoms. The van der Waals surface area contributed by atoms with Crippen molar-refractivity contribution in [1.29, 1.82) is 0 Å². The van der Waals surface area contributed by atoms with E-state index in [1.54, 1.807) is 0 Å². The molecule has 0 N–H and O–H groups in total. The second kappa shape index (κ2) is 3.38. The van der Waals surface area contributed by atoms with Gasteiger partial charge in [-0.1, -0.05) is 13.0 Å². The van der Waals surface area contributed by atoms with Crippen molar-refractivity contribution >= 4 is 0 Å². The van der Waals surface area contributed by atoms with Crippen molar-refractivity contribution in [3.05, 3.63) is 28.8 Å². The van der Waals surface area contributed by atoms with Crippen LogP contribution in [0.15, 0.2) is 12.1 Å². The van der Waals surface area contributed by atoms with E-state index in [0.29, 0.717) is 13.4 Å². The molecule has 0 saturated heterocycles. The highest BCUT2D eigenvalue weighted by Gasteiger charge is 2.13. The standard InChI is InChI=1S/C11H14O2/c1-3-9-4-8(2)11-10(5-9)6-12-7-13-11/h4-5H,3,6-7H2,1-2H3. The molecule has 0 saturated carbocycles. The van der Waals surface area contributed by atoms with Crippen LogP contribution in [0.4, 0.5) is 0 Å². The largest absolute Gasteiger partial charge is 0.467 e. The van der Waals surface area contributed by atoms with Gasteiger partial charge in [0.1, 0.15) is 5.75 Å². The summed E-state index contributed by atoms with van der Waals surface area (Å²) in [6.07, 6.45) is 1.06. The third-order valence-electron chi connectivity index (χ3n) is 2.36. The van der Waals surface area contributed by atoms with E-state index in [1.807, 2.05) is 0 Å². The highest BCUT2D eigenvalue weighted by molar-refractivity contribution is 5.44. The van der Waals surface area contributed by atoms with E-state index in [2.05, 4.69) is 26.0 Å². The molecule has 13 heavy (non-hydrogen) atoms. The molecular weight excluding hydrogens is 164 g/mol. The van der Waals surface area contributed by atoms with Crippen LogP contribution in [0.25, 0.3) is 0 Å². The summed E-state index contributed by atoms with van der Waals surface area (Å²) in [5.74, 6) is 1.02. The zero-order chi connectivity index (χ0) is 9.26. The van der Waals surface area contributed by atoms with Gasteiger partial charge in [-0.2, -0.15) is 0 Å². The molecule has 2 heteroatoms. The van der Waals surface area contributed by atoms with Gasteiger partial charge in [-0.3, -0.25) is 0 Å². The predicted molar refractivity (Wildman–Crippen MR) is 50.8 cm³/mol. The molecule has 1 aromatic carbocycles. The van der Waals surface area contributed by atoms with Gasteiger partial charge in [0.05, 0.1) is 6.61 Å². The molecule has 0 radical (unpaired) electrons. The van der Waals surface area contributed by atoms with Crippen molar-refractivity contribution in [1.82, 2.24) is 0 Å². The SMILES string of the molecule is CCc1cc(C)c2c(c1)COCO2. The third-order valence-corrected chi connectivity index (χ3v) is 2.36. The third kappa shape index (κ3) is 1.54. The second-order valence-electron chi connectivity index (χ2n) is 3.37. The van der Waals surface area contributed by atoms with E-state index < -0.39 is 0 Å². The Morgan fingerprint density at radius 3 is 3.00 bits per heavy atom. The molecule has 0 spiro atoms. The molecule has 2 rings (SSSR count). The Bertz CT molecular complexity index is 318. The monoisotopic (exact) mass is 178 g/mol. The van der Waals surface area contributed by atoms with E-state index >= 15 is 0 Å². The van der Waals surface area contributed by atoms with Gasteiger partial charge >= 0.3 is 0 Å². The summed E-state index contributed by atoms with van der Waals surface area (Å²) in [4.78, 5) is 0. The van der Waals surface area contributed by atoms with Gasteiger partial charge in [0.2, 0.25) is 0 Å². The van der Waals surface area contributed by atoms with Gasteiger partial charge in [-0.05, 0) is 30.5 Å². The molecule has 0 atom stereocenters. The number of ether oxygens (including phenoxy) is 2. The van der Waals surface area contributed by atoms with E-state index in [4.69, 9.17) is 9.47 Å². The van der Waals surface area contributed by atoms with Crippen LogP contribution in [0.3, 0.4) is 0 Å². The summed E-state index contributed by atoms with van der Waals surface area (Å²) >= 11 is 0. The lowest BCUT2D eigenvalue weighted by atomic mass is 10.0. The number of hydrogen-bond donors (Lipinski definition) is 0. The van der Waals surface area contributed by atoms with Crippen LogP contribution >= 0.6 is 0 Å². The molecule has 70 valence electrons. The Labute approximate surface area is 78.5 Å². The zero-order valence-corrected chi connectivity index (χ0v) is 8.09. The molecule has 0 aromatic heterocycles. The van der Waals surface area contributed by atoms with Crippen LogP contribution < -0.4 is 4.74 Å². The fraction of sp³-hybridized carbons (Fsp3) is 0.455. The molecule has 2 nitrogen and oxygen atoms in total. The first-order chi connectivity index (χ1) is 6.31. The normalized spacial score (nSPS) is 14.9. The highest BCUT2D eigenvalue weighted by Crippen LogP contribution is 2.29. The van der Waals surface area contributed by atoms with Gasteiger partial charge in [0, 0.05) is 5.56 Å². The maximum absolute atomic E-state index is 5.43. The lowest BCUT2D eigenvalue weighted by Gasteiger charge is -2.20. The molecule has 1 aliphatic heterocycles. The molecule has 1 aliphatic rings. The number of fused-ring (bicyclic) bond motifs is 1. The van der Waals surface area contributed by atoms with Crippen LogP contribution in [0.2, 0.25) is 0 Å². The van der Waals surface area contributed by atoms with Crippen LogP contribution in [-0.2, 0) is 17.8 Å². The van der Waals surface area contributed by atoms with Crippen LogP contribution in [0.1, 0.15) is 23.6 Å². The zero-order valence-electron chi connectivity index (χ0n) is 8.09. The van der Waals surface area contributed by atoms with Crippen molar-refractivity contribution < 1.29 is 9.47 Å². The lowest BCUT2D eigenvalue weighted by molar-refractivity contribution is -0.0169. The fourth-order valence-corrected chi connectivity index (χ4v) is 1.70. The summed E-state index contributed by atoms with van der Waals surface area (Å²) in [5, 5.41) is 0. The summed E-state index contributed by atoms with van der Waals surface area (Å²) in [6, 6.07) is 4.35. The lowest BCUT2D eigenvalue weighted by Crippen LogP contribution is -2.12. The Morgan fingerprint density at radius 1 is 1.38 bits per heavy atom. The van der Waals surface area contributed by atoms with Gasteiger partial charge < -0.3 is 9.47 Å². The topological polar surface area (TPSA) is 18.5 Å². The maximum atomic E-state index is 5.43. The Kier molecular flexibility index (Phi) is 2.23. The minimum atomic E-state index is 0.388. The van der Waals surface area contributed by atoms with E-state index in [1.165, 1.54) is 16.7 Å². The first kappa shape index (κ1) is 8.57. The summed E-state index contributed by atoms with van der Waals surface area (Å²) < 4.78 is 10.7. The quantitative estimate of drug-likeness (QED) is 0.657. The average Bonchev–Trinajstić information content (AvgIpc) is 2.18. The van der Waals surface area contributed by atoms with Crippen molar-refractivity contribution in [3.8, 4) is 5.75 Å². The fourth-order valence-electron chi connectivity index (χ4n) is 1.70. The average molecular weight is 178 g/mol. The van der Waals surface area contributed by atoms with Crippen LogP contribution in [-0.4, -0.2) is 6.79 Å². The molecular formula is C11H14O2. The van der Waals surface area contributed by atoms with Gasteiger partial charge in [0.25, 0.3) is 0 Å². The summed E-state index contributed by atoms with van der Waals surface area (Å²) in [6.45, 7) is 5.32. The van der Waals surface area contributed by atoms with Crippen molar-refractivity contribution in [2.24, 2.45) is 0 Å². The Hall–Kier alpha value is -1.02. The summed E-state index contributed by atoms with van der Waals surface area (Å²) in [5.41, 5.74) is 3.76. The summed E-state index contributed by atoms with van der Waals surface area (Å²) in [7, 11) is 0.